The minimum absolute atomic E-state index is 0.390. The van der Waals surface area contributed by atoms with E-state index < -0.39 is 5.60 Å². The van der Waals surface area contributed by atoms with Gasteiger partial charge in [0.1, 0.15) is 5.60 Å². The van der Waals surface area contributed by atoms with Crippen LogP contribution in [-0.4, -0.2) is 10.1 Å². The Balaban J connectivity index is 2.06. The van der Waals surface area contributed by atoms with Crippen molar-refractivity contribution in [2.24, 2.45) is 5.92 Å². The first-order chi connectivity index (χ1) is 7.74. The summed E-state index contributed by atoms with van der Waals surface area (Å²) in [6, 6.07) is 12.0. The Morgan fingerprint density at radius 1 is 1.31 bits per heavy atom. The van der Waals surface area contributed by atoms with Gasteiger partial charge >= 0.3 is 0 Å². The van der Waals surface area contributed by atoms with Gasteiger partial charge in [0.05, 0.1) is 11.2 Å². The predicted molar refractivity (Wildman–Crippen MR) is 64.0 cm³/mol. The van der Waals surface area contributed by atoms with Crippen LogP contribution in [0.2, 0.25) is 0 Å². The summed E-state index contributed by atoms with van der Waals surface area (Å²) in [5.41, 5.74) is 1.15. The number of aliphatic hydroxyl groups is 1. The van der Waals surface area contributed by atoms with Crippen LogP contribution in [0.5, 0.6) is 0 Å². The first-order valence-corrected chi connectivity index (χ1v) is 5.82. The van der Waals surface area contributed by atoms with Crippen molar-refractivity contribution < 1.29 is 5.11 Å². The van der Waals surface area contributed by atoms with Crippen molar-refractivity contribution in [3.63, 3.8) is 0 Å². The molecule has 2 unspecified atom stereocenters. The Morgan fingerprint density at radius 3 is 2.88 bits per heavy atom. The fraction of sp³-hybridized carbons (Fsp3) is 0.357. The van der Waals surface area contributed by atoms with E-state index in [4.69, 9.17) is 0 Å². The van der Waals surface area contributed by atoms with Crippen LogP contribution < -0.4 is 0 Å². The maximum Gasteiger partial charge on any atom is 0.110 e. The summed E-state index contributed by atoms with van der Waals surface area (Å²) in [5.74, 6) is 0.390. The molecular weight excluding hydrogens is 198 g/mol. The normalized spacial score (nSPS) is 28.2. The summed E-state index contributed by atoms with van der Waals surface area (Å²) in [6.45, 7) is 2.11. The second kappa shape index (κ2) is 3.29. The molecule has 1 heterocycles. The van der Waals surface area contributed by atoms with Gasteiger partial charge in [0, 0.05) is 5.39 Å². The molecule has 2 aromatic rings. The van der Waals surface area contributed by atoms with Crippen molar-refractivity contribution >= 4 is 10.9 Å². The molecule has 2 heteroatoms. The molecule has 1 aromatic heterocycles. The summed E-state index contributed by atoms with van der Waals surface area (Å²) in [4.78, 5) is 4.56. The highest BCUT2D eigenvalue weighted by Crippen LogP contribution is 2.53. The van der Waals surface area contributed by atoms with Gasteiger partial charge in [-0.05, 0) is 24.5 Å². The number of rotatable bonds is 2. The van der Waals surface area contributed by atoms with Crippen molar-refractivity contribution in [3.05, 3.63) is 42.1 Å². The van der Waals surface area contributed by atoms with Crippen molar-refractivity contribution in [3.8, 4) is 0 Å². The molecule has 0 saturated heterocycles. The third-order valence-corrected chi connectivity index (χ3v) is 3.61. The lowest BCUT2D eigenvalue weighted by Gasteiger charge is -2.10. The molecule has 1 saturated carbocycles. The molecule has 16 heavy (non-hydrogen) atoms. The summed E-state index contributed by atoms with van der Waals surface area (Å²) in [7, 11) is 0. The van der Waals surface area contributed by atoms with Crippen LogP contribution in [0.4, 0.5) is 0 Å². The van der Waals surface area contributed by atoms with Crippen molar-refractivity contribution in [2.45, 2.75) is 25.4 Å². The first kappa shape index (κ1) is 9.79. The lowest BCUT2D eigenvalue weighted by atomic mass is 10.1. The molecule has 1 N–H and O–H groups in total. The lowest BCUT2D eigenvalue weighted by Crippen LogP contribution is -2.10. The molecule has 1 aliphatic carbocycles. The third kappa shape index (κ3) is 1.34. The number of hydrogen-bond acceptors (Lipinski definition) is 2. The molecule has 2 nitrogen and oxygen atoms in total. The molecule has 2 atom stereocenters. The van der Waals surface area contributed by atoms with Gasteiger partial charge in [0.25, 0.3) is 0 Å². The van der Waals surface area contributed by atoms with E-state index in [9.17, 15) is 5.11 Å². The maximum atomic E-state index is 10.4. The van der Waals surface area contributed by atoms with E-state index >= 15 is 0 Å². The summed E-state index contributed by atoms with van der Waals surface area (Å²) >= 11 is 0. The van der Waals surface area contributed by atoms with E-state index in [0.29, 0.717) is 5.92 Å². The molecule has 3 rings (SSSR count). The SMILES string of the molecule is CCC1CC1(O)c1ccc2ccccc2n1. The highest BCUT2D eigenvalue weighted by molar-refractivity contribution is 5.78. The topological polar surface area (TPSA) is 33.1 Å². The molecule has 1 aliphatic rings. The standard InChI is InChI=1S/C14H15NO/c1-2-11-9-14(11,16)13-8-7-10-5-3-4-6-12(10)15-13/h3-8,11,16H,2,9H2,1H3. The molecule has 0 spiro atoms. The molecule has 82 valence electrons. The summed E-state index contributed by atoms with van der Waals surface area (Å²) in [5, 5.41) is 11.5. The van der Waals surface area contributed by atoms with Crippen LogP contribution in [0.3, 0.4) is 0 Å². The summed E-state index contributed by atoms with van der Waals surface area (Å²) < 4.78 is 0. The molecule has 0 amide bonds. The molecular formula is C14H15NO. The molecule has 1 fully saturated rings. The van der Waals surface area contributed by atoms with Crippen LogP contribution in [0.25, 0.3) is 10.9 Å². The quantitative estimate of drug-likeness (QED) is 0.832. The van der Waals surface area contributed by atoms with E-state index in [1.54, 1.807) is 0 Å². The predicted octanol–water partition coefficient (Wildman–Crippen LogP) is 2.85. The Hall–Kier alpha value is -1.41. The van der Waals surface area contributed by atoms with Gasteiger partial charge in [-0.15, -0.1) is 0 Å². The molecule has 0 bridgehead atoms. The smallest absolute Gasteiger partial charge is 0.110 e. The van der Waals surface area contributed by atoms with E-state index in [1.165, 1.54) is 0 Å². The number of benzene rings is 1. The average molecular weight is 213 g/mol. The van der Waals surface area contributed by atoms with Crippen molar-refractivity contribution in [2.75, 3.05) is 0 Å². The van der Waals surface area contributed by atoms with Gasteiger partial charge in [0.2, 0.25) is 0 Å². The molecule has 0 aliphatic heterocycles. The number of hydrogen-bond donors (Lipinski definition) is 1. The van der Waals surface area contributed by atoms with Gasteiger partial charge in [-0.1, -0.05) is 37.6 Å². The Bertz CT molecular complexity index is 537. The largest absolute Gasteiger partial charge is 0.383 e. The van der Waals surface area contributed by atoms with Crippen LogP contribution in [0.1, 0.15) is 25.5 Å². The second-order valence-corrected chi connectivity index (χ2v) is 4.62. The zero-order valence-electron chi connectivity index (χ0n) is 9.35. The van der Waals surface area contributed by atoms with Crippen LogP contribution in [0.15, 0.2) is 36.4 Å². The van der Waals surface area contributed by atoms with Crippen molar-refractivity contribution in [1.29, 1.82) is 0 Å². The number of fused-ring (bicyclic) bond motifs is 1. The van der Waals surface area contributed by atoms with Gasteiger partial charge in [-0.2, -0.15) is 0 Å². The minimum atomic E-state index is -0.654. The van der Waals surface area contributed by atoms with E-state index in [2.05, 4.69) is 11.9 Å². The number of nitrogens with zero attached hydrogens (tertiary/aromatic N) is 1. The highest BCUT2D eigenvalue weighted by atomic mass is 16.3. The minimum Gasteiger partial charge on any atom is -0.383 e. The van der Waals surface area contributed by atoms with Gasteiger partial charge < -0.3 is 5.11 Å². The Kier molecular flexibility index (Phi) is 2.01. The van der Waals surface area contributed by atoms with E-state index in [1.807, 2.05) is 36.4 Å². The van der Waals surface area contributed by atoms with Gasteiger partial charge in [-0.3, -0.25) is 0 Å². The summed E-state index contributed by atoms with van der Waals surface area (Å²) in [6.07, 6.45) is 1.87. The van der Waals surface area contributed by atoms with Gasteiger partial charge in [0.15, 0.2) is 0 Å². The number of aromatic nitrogens is 1. The van der Waals surface area contributed by atoms with Gasteiger partial charge in [-0.25, -0.2) is 4.98 Å². The van der Waals surface area contributed by atoms with Crippen LogP contribution >= 0.6 is 0 Å². The maximum absolute atomic E-state index is 10.4. The first-order valence-electron chi connectivity index (χ1n) is 5.82. The Morgan fingerprint density at radius 2 is 2.12 bits per heavy atom. The fourth-order valence-corrected chi connectivity index (χ4v) is 2.42. The lowest BCUT2D eigenvalue weighted by molar-refractivity contribution is 0.126. The fourth-order valence-electron chi connectivity index (χ4n) is 2.42. The van der Waals surface area contributed by atoms with Crippen LogP contribution in [-0.2, 0) is 5.60 Å². The molecule has 1 aromatic carbocycles. The van der Waals surface area contributed by atoms with E-state index in [0.717, 1.165) is 29.4 Å². The second-order valence-electron chi connectivity index (χ2n) is 4.62. The monoisotopic (exact) mass is 213 g/mol. The molecule has 0 radical (unpaired) electrons. The van der Waals surface area contributed by atoms with Crippen LogP contribution in [0, 0.1) is 5.92 Å². The zero-order chi connectivity index (χ0) is 11.2. The van der Waals surface area contributed by atoms with E-state index in [-0.39, 0.29) is 0 Å². The average Bonchev–Trinajstić information content (AvgIpc) is 3.01. The van der Waals surface area contributed by atoms with Crippen molar-refractivity contribution in [1.82, 2.24) is 4.98 Å². The third-order valence-electron chi connectivity index (χ3n) is 3.61. The zero-order valence-corrected chi connectivity index (χ0v) is 9.35. The number of para-hydroxylation sites is 1. The number of pyridine rings is 1. The Labute approximate surface area is 94.9 Å². The highest BCUT2D eigenvalue weighted by Gasteiger charge is 2.53.